The van der Waals surface area contributed by atoms with Crippen LogP contribution >= 0.6 is 0 Å². The topological polar surface area (TPSA) is 76.6 Å². The zero-order chi connectivity index (χ0) is 16.8. The Morgan fingerprint density at radius 2 is 2.04 bits per heavy atom. The number of hydrogen-bond donors (Lipinski definition) is 1. The van der Waals surface area contributed by atoms with Crippen molar-refractivity contribution in [1.82, 2.24) is 20.2 Å². The minimum atomic E-state index is -0.0454. The van der Waals surface area contributed by atoms with Gasteiger partial charge in [0, 0.05) is 39.6 Å². The average Bonchev–Trinajstić information content (AvgIpc) is 2.62. The first-order valence-corrected chi connectivity index (χ1v) is 8.16. The van der Waals surface area contributed by atoms with Gasteiger partial charge < -0.3 is 19.7 Å². The van der Waals surface area contributed by atoms with E-state index in [1.54, 1.807) is 13.3 Å². The predicted octanol–water partition coefficient (Wildman–Crippen LogP) is 1.83. The van der Waals surface area contributed by atoms with Crippen LogP contribution in [0.2, 0.25) is 0 Å². The number of carbonyl (C=O) groups is 1. The summed E-state index contributed by atoms with van der Waals surface area (Å²) in [5.74, 6) is 0.539. The smallest absolute Gasteiger partial charge is 0.317 e. The summed E-state index contributed by atoms with van der Waals surface area (Å²) in [6.07, 6.45) is 3.29. The molecule has 3 rings (SSSR count). The van der Waals surface area contributed by atoms with E-state index >= 15 is 0 Å². The van der Waals surface area contributed by atoms with E-state index in [1.807, 2.05) is 29.2 Å². The van der Waals surface area contributed by atoms with Gasteiger partial charge in [-0.05, 0) is 12.1 Å². The van der Waals surface area contributed by atoms with Crippen molar-refractivity contribution >= 4 is 17.1 Å². The molecular weight excluding hydrogens is 308 g/mol. The minimum Gasteiger partial charge on any atom is -0.473 e. The summed E-state index contributed by atoms with van der Waals surface area (Å²) < 4.78 is 10.9. The highest BCUT2D eigenvalue weighted by Gasteiger charge is 2.24. The zero-order valence-electron chi connectivity index (χ0n) is 13.8. The first kappa shape index (κ1) is 16.4. The Labute approximate surface area is 141 Å². The molecule has 1 fully saturated rings. The molecule has 0 bridgehead atoms. The SMILES string of the molecule is COCCNC(=O)N1CCC(Oc2cnc3ccccc3n2)CC1. The summed E-state index contributed by atoms with van der Waals surface area (Å²) in [4.78, 5) is 22.6. The van der Waals surface area contributed by atoms with Crippen LogP contribution in [0, 0.1) is 0 Å². The zero-order valence-corrected chi connectivity index (χ0v) is 13.8. The van der Waals surface area contributed by atoms with E-state index in [0.717, 1.165) is 23.9 Å². The van der Waals surface area contributed by atoms with Gasteiger partial charge in [-0.3, -0.25) is 0 Å². The standard InChI is InChI=1S/C17H22N4O3/c1-23-11-8-18-17(22)21-9-6-13(7-10-21)24-16-12-19-14-4-2-3-5-15(14)20-16/h2-5,12-13H,6-11H2,1H3,(H,18,22). The Bertz CT molecular complexity index is 686. The molecule has 1 aliphatic heterocycles. The Morgan fingerprint density at radius 1 is 1.29 bits per heavy atom. The first-order valence-electron chi connectivity index (χ1n) is 8.16. The monoisotopic (exact) mass is 330 g/mol. The van der Waals surface area contributed by atoms with E-state index < -0.39 is 0 Å². The van der Waals surface area contributed by atoms with Gasteiger partial charge in [-0.15, -0.1) is 0 Å². The molecule has 128 valence electrons. The van der Waals surface area contributed by atoms with Crippen LogP contribution in [0.3, 0.4) is 0 Å². The van der Waals surface area contributed by atoms with Crippen LogP contribution in [-0.4, -0.2) is 60.4 Å². The fourth-order valence-corrected chi connectivity index (χ4v) is 2.72. The fourth-order valence-electron chi connectivity index (χ4n) is 2.72. The maximum Gasteiger partial charge on any atom is 0.317 e. The van der Waals surface area contributed by atoms with Crippen molar-refractivity contribution < 1.29 is 14.3 Å². The van der Waals surface area contributed by atoms with Crippen LogP contribution in [0.15, 0.2) is 30.5 Å². The highest BCUT2D eigenvalue weighted by atomic mass is 16.5. The summed E-state index contributed by atoms with van der Waals surface area (Å²) in [5.41, 5.74) is 1.68. The van der Waals surface area contributed by atoms with Gasteiger partial charge in [0.2, 0.25) is 5.88 Å². The molecule has 7 nitrogen and oxygen atoms in total. The van der Waals surface area contributed by atoms with Gasteiger partial charge in [-0.25, -0.2) is 14.8 Å². The molecule has 2 aromatic rings. The number of urea groups is 1. The van der Waals surface area contributed by atoms with Crippen LogP contribution in [0.25, 0.3) is 11.0 Å². The third-order valence-electron chi connectivity index (χ3n) is 4.03. The molecule has 24 heavy (non-hydrogen) atoms. The normalized spacial score (nSPS) is 15.5. The predicted molar refractivity (Wildman–Crippen MR) is 90.0 cm³/mol. The quantitative estimate of drug-likeness (QED) is 0.847. The molecular formula is C17H22N4O3. The van der Waals surface area contributed by atoms with Crippen molar-refractivity contribution in [2.24, 2.45) is 0 Å². The fraction of sp³-hybridized carbons (Fsp3) is 0.471. The Kier molecular flexibility index (Phi) is 5.43. The summed E-state index contributed by atoms with van der Waals surface area (Å²) in [6, 6.07) is 7.66. The maximum absolute atomic E-state index is 12.0. The summed E-state index contributed by atoms with van der Waals surface area (Å²) in [6.45, 7) is 2.39. The molecule has 0 saturated carbocycles. The number of rotatable bonds is 5. The molecule has 0 unspecified atom stereocenters. The van der Waals surface area contributed by atoms with Crippen LogP contribution < -0.4 is 10.1 Å². The lowest BCUT2D eigenvalue weighted by atomic mass is 10.1. The lowest BCUT2D eigenvalue weighted by Crippen LogP contribution is -2.47. The molecule has 7 heteroatoms. The second kappa shape index (κ2) is 7.92. The van der Waals surface area contributed by atoms with Gasteiger partial charge in [0.1, 0.15) is 6.10 Å². The molecule has 1 N–H and O–H groups in total. The summed E-state index contributed by atoms with van der Waals surface area (Å²) in [7, 11) is 1.62. The Hall–Kier alpha value is -2.41. The van der Waals surface area contributed by atoms with Crippen molar-refractivity contribution in [1.29, 1.82) is 0 Å². The lowest BCUT2D eigenvalue weighted by Gasteiger charge is -2.31. The third kappa shape index (κ3) is 4.11. The molecule has 0 aliphatic carbocycles. The first-order chi connectivity index (χ1) is 11.8. The largest absolute Gasteiger partial charge is 0.473 e. The maximum atomic E-state index is 12.0. The number of nitrogens with zero attached hydrogens (tertiary/aromatic N) is 3. The van der Waals surface area contributed by atoms with Crippen LogP contribution in [0.4, 0.5) is 4.79 Å². The molecule has 0 spiro atoms. The van der Waals surface area contributed by atoms with Gasteiger partial charge in [0.05, 0.1) is 23.8 Å². The highest BCUT2D eigenvalue weighted by molar-refractivity contribution is 5.74. The van der Waals surface area contributed by atoms with E-state index in [0.29, 0.717) is 32.1 Å². The number of methoxy groups -OCH3 is 1. The third-order valence-corrected chi connectivity index (χ3v) is 4.03. The van der Waals surface area contributed by atoms with E-state index in [4.69, 9.17) is 9.47 Å². The second-order valence-electron chi connectivity index (χ2n) is 5.73. The number of fused-ring (bicyclic) bond motifs is 1. The molecule has 1 aromatic carbocycles. The van der Waals surface area contributed by atoms with E-state index in [9.17, 15) is 4.79 Å². The van der Waals surface area contributed by atoms with E-state index in [1.165, 1.54) is 0 Å². The number of piperidine rings is 1. The molecule has 1 aliphatic rings. The Morgan fingerprint density at radius 3 is 2.79 bits per heavy atom. The van der Waals surface area contributed by atoms with E-state index in [-0.39, 0.29) is 12.1 Å². The van der Waals surface area contributed by atoms with Gasteiger partial charge in [0.25, 0.3) is 0 Å². The van der Waals surface area contributed by atoms with Crippen molar-refractivity contribution in [2.75, 3.05) is 33.4 Å². The van der Waals surface area contributed by atoms with Crippen molar-refractivity contribution in [3.63, 3.8) is 0 Å². The van der Waals surface area contributed by atoms with E-state index in [2.05, 4.69) is 15.3 Å². The van der Waals surface area contributed by atoms with Crippen LogP contribution in [-0.2, 0) is 4.74 Å². The number of hydrogen-bond acceptors (Lipinski definition) is 5. The summed E-state index contributed by atoms with van der Waals surface area (Å²) >= 11 is 0. The highest BCUT2D eigenvalue weighted by Crippen LogP contribution is 2.19. The van der Waals surface area contributed by atoms with Gasteiger partial charge in [0.15, 0.2) is 0 Å². The Balaban J connectivity index is 1.50. The van der Waals surface area contributed by atoms with Gasteiger partial charge in [-0.1, -0.05) is 12.1 Å². The minimum absolute atomic E-state index is 0.0454. The van der Waals surface area contributed by atoms with Crippen molar-refractivity contribution in [2.45, 2.75) is 18.9 Å². The lowest BCUT2D eigenvalue weighted by molar-refractivity contribution is 0.106. The molecule has 0 atom stereocenters. The van der Waals surface area contributed by atoms with Crippen LogP contribution in [0.5, 0.6) is 5.88 Å². The summed E-state index contributed by atoms with van der Waals surface area (Å²) in [5, 5.41) is 2.84. The molecule has 2 heterocycles. The number of ether oxygens (including phenoxy) is 2. The molecule has 1 aromatic heterocycles. The number of para-hydroxylation sites is 2. The molecule has 2 amide bonds. The number of aromatic nitrogens is 2. The average molecular weight is 330 g/mol. The number of benzene rings is 1. The van der Waals surface area contributed by atoms with Crippen LogP contribution in [0.1, 0.15) is 12.8 Å². The number of likely N-dealkylation sites (tertiary alicyclic amines) is 1. The van der Waals surface area contributed by atoms with Crippen molar-refractivity contribution in [3.8, 4) is 5.88 Å². The number of carbonyl (C=O) groups excluding carboxylic acids is 1. The van der Waals surface area contributed by atoms with Crippen molar-refractivity contribution in [3.05, 3.63) is 30.5 Å². The molecule has 1 saturated heterocycles. The number of nitrogens with one attached hydrogen (secondary N) is 1. The number of amides is 2. The van der Waals surface area contributed by atoms with Gasteiger partial charge >= 0.3 is 6.03 Å². The second-order valence-corrected chi connectivity index (χ2v) is 5.73. The molecule has 0 radical (unpaired) electrons. The van der Waals surface area contributed by atoms with Gasteiger partial charge in [-0.2, -0.15) is 0 Å².